The Balaban J connectivity index is 1.55. The van der Waals surface area contributed by atoms with Gasteiger partial charge in [0.2, 0.25) is 5.95 Å². The van der Waals surface area contributed by atoms with Crippen molar-refractivity contribution in [3.8, 4) is 11.5 Å². The summed E-state index contributed by atoms with van der Waals surface area (Å²) >= 11 is 0. The van der Waals surface area contributed by atoms with E-state index in [1.54, 1.807) is 25.6 Å². The largest absolute Gasteiger partial charge is 0.497 e. The number of methoxy groups -OCH3 is 2. The molecule has 1 N–H and O–H groups in total. The topological polar surface area (TPSA) is 87.5 Å². The lowest BCUT2D eigenvalue weighted by Crippen LogP contribution is -2.32. The zero-order chi connectivity index (χ0) is 23.9. The van der Waals surface area contributed by atoms with E-state index in [9.17, 15) is 4.79 Å². The molecule has 0 spiro atoms. The number of rotatable bonds is 4. The summed E-state index contributed by atoms with van der Waals surface area (Å²) in [5, 5.41) is 8.03. The minimum absolute atomic E-state index is 0.270. The predicted octanol–water partition coefficient (Wildman–Crippen LogP) is 4.63. The van der Waals surface area contributed by atoms with Gasteiger partial charge in [0.05, 0.1) is 25.5 Å². The van der Waals surface area contributed by atoms with Crippen LogP contribution in [-0.4, -0.2) is 35.0 Å². The van der Waals surface area contributed by atoms with Crippen LogP contribution < -0.4 is 14.8 Å². The second-order valence-electron chi connectivity index (χ2n) is 8.27. The maximum Gasteiger partial charge on any atom is 0.337 e. The lowest BCUT2D eigenvalue weighted by molar-refractivity contribution is 0.0600. The van der Waals surface area contributed by atoms with Crippen molar-refractivity contribution in [3.05, 3.63) is 107 Å². The van der Waals surface area contributed by atoms with Gasteiger partial charge in [0, 0.05) is 11.1 Å². The van der Waals surface area contributed by atoms with Crippen molar-refractivity contribution in [2.24, 2.45) is 0 Å². The minimum atomic E-state index is -0.427. The van der Waals surface area contributed by atoms with E-state index in [1.807, 2.05) is 65.3 Å². The first kappa shape index (κ1) is 21.0. The smallest absolute Gasteiger partial charge is 0.337 e. The SMILES string of the molecule is COC(=O)c1ccc([C@H]2Oc3ccccc3C3=C2[C@H](c2ccc(OC)cc2)n2ncnc2N3)cc1. The van der Waals surface area contributed by atoms with Crippen LogP contribution in [0.15, 0.2) is 84.7 Å². The highest BCUT2D eigenvalue weighted by Crippen LogP contribution is 2.50. The molecule has 0 saturated carbocycles. The lowest BCUT2D eigenvalue weighted by atomic mass is 9.84. The van der Waals surface area contributed by atoms with Gasteiger partial charge >= 0.3 is 5.97 Å². The third kappa shape index (κ3) is 3.42. The zero-order valence-corrected chi connectivity index (χ0v) is 19.1. The Morgan fingerprint density at radius 2 is 1.71 bits per heavy atom. The number of ether oxygens (including phenoxy) is 3. The predicted molar refractivity (Wildman–Crippen MR) is 129 cm³/mol. The van der Waals surface area contributed by atoms with Crippen LogP contribution in [0.5, 0.6) is 11.5 Å². The molecule has 0 saturated heterocycles. The quantitative estimate of drug-likeness (QED) is 0.439. The van der Waals surface area contributed by atoms with Crippen LogP contribution in [0.25, 0.3) is 5.70 Å². The number of hydrogen-bond acceptors (Lipinski definition) is 7. The summed E-state index contributed by atoms with van der Waals surface area (Å²) in [4.78, 5) is 16.4. The monoisotopic (exact) mass is 466 g/mol. The van der Waals surface area contributed by atoms with E-state index in [-0.39, 0.29) is 12.0 Å². The van der Waals surface area contributed by atoms with Crippen molar-refractivity contribution < 1.29 is 19.0 Å². The molecule has 0 aliphatic carbocycles. The van der Waals surface area contributed by atoms with Crippen LogP contribution in [0.2, 0.25) is 0 Å². The van der Waals surface area contributed by atoms with Gasteiger partial charge in [-0.1, -0.05) is 36.4 Å². The molecule has 3 aromatic carbocycles. The summed E-state index contributed by atoms with van der Waals surface area (Å²) in [5.74, 6) is 1.81. The standard InChI is InChI=1S/C27H22N4O4/c1-33-19-13-11-16(12-14-19)24-22-23(30-27-28-15-29-31(24)27)20-5-3-4-6-21(20)35-25(22)17-7-9-18(10-8-17)26(32)34-2/h3-15,24-25H,1-2H3,(H,28,29,30)/t24-,25+/m0/s1. The molecule has 8 heteroatoms. The van der Waals surface area contributed by atoms with E-state index in [0.29, 0.717) is 11.5 Å². The molecule has 0 amide bonds. The molecule has 0 bridgehead atoms. The second-order valence-corrected chi connectivity index (χ2v) is 8.27. The molecule has 1 aromatic heterocycles. The third-order valence-corrected chi connectivity index (χ3v) is 6.39. The van der Waals surface area contributed by atoms with E-state index in [0.717, 1.165) is 39.5 Å². The molecule has 2 atom stereocenters. The van der Waals surface area contributed by atoms with Gasteiger partial charge in [0.1, 0.15) is 30.0 Å². The zero-order valence-electron chi connectivity index (χ0n) is 19.1. The van der Waals surface area contributed by atoms with Gasteiger partial charge in [0.25, 0.3) is 0 Å². The van der Waals surface area contributed by atoms with E-state index in [4.69, 9.17) is 14.2 Å². The Kier molecular flexibility index (Phi) is 4.99. The molecule has 35 heavy (non-hydrogen) atoms. The Morgan fingerprint density at radius 1 is 0.971 bits per heavy atom. The van der Waals surface area contributed by atoms with E-state index in [1.165, 1.54) is 7.11 Å². The van der Waals surface area contributed by atoms with Gasteiger partial charge in [-0.15, -0.1) is 0 Å². The van der Waals surface area contributed by atoms with Gasteiger partial charge in [-0.3, -0.25) is 0 Å². The number of carbonyl (C=O) groups excluding carboxylic acids is 1. The van der Waals surface area contributed by atoms with Crippen molar-refractivity contribution in [1.82, 2.24) is 14.8 Å². The molecule has 2 aliphatic heterocycles. The van der Waals surface area contributed by atoms with Crippen molar-refractivity contribution in [3.63, 3.8) is 0 Å². The fourth-order valence-corrected chi connectivity index (χ4v) is 4.71. The highest BCUT2D eigenvalue weighted by atomic mass is 16.5. The van der Waals surface area contributed by atoms with Gasteiger partial charge in [-0.2, -0.15) is 10.1 Å². The first-order chi connectivity index (χ1) is 17.2. The number of nitrogens with one attached hydrogen (secondary N) is 1. The minimum Gasteiger partial charge on any atom is -0.497 e. The molecule has 2 aliphatic rings. The third-order valence-electron chi connectivity index (χ3n) is 6.39. The van der Waals surface area contributed by atoms with Crippen molar-refractivity contribution in [2.75, 3.05) is 19.5 Å². The van der Waals surface area contributed by atoms with E-state index in [2.05, 4.69) is 15.4 Å². The first-order valence-electron chi connectivity index (χ1n) is 11.2. The molecule has 174 valence electrons. The number of fused-ring (bicyclic) bond motifs is 3. The molecular weight excluding hydrogens is 444 g/mol. The number of esters is 1. The average molecular weight is 466 g/mol. The first-order valence-corrected chi connectivity index (χ1v) is 11.2. The molecular formula is C27H22N4O4. The highest BCUT2D eigenvalue weighted by Gasteiger charge is 2.40. The van der Waals surface area contributed by atoms with Crippen LogP contribution in [0.1, 0.15) is 39.2 Å². The lowest BCUT2D eigenvalue weighted by Gasteiger charge is -2.39. The van der Waals surface area contributed by atoms with Crippen LogP contribution in [0.4, 0.5) is 5.95 Å². The summed E-state index contributed by atoms with van der Waals surface area (Å²) < 4.78 is 18.7. The van der Waals surface area contributed by atoms with Crippen LogP contribution >= 0.6 is 0 Å². The maximum atomic E-state index is 12.0. The molecule has 8 nitrogen and oxygen atoms in total. The number of carbonyl (C=O) groups is 1. The number of benzene rings is 3. The summed E-state index contributed by atoms with van der Waals surface area (Å²) in [7, 11) is 3.02. The number of para-hydroxylation sites is 1. The molecule has 0 unspecified atom stereocenters. The fraction of sp³-hybridized carbons (Fsp3) is 0.148. The van der Waals surface area contributed by atoms with E-state index < -0.39 is 6.10 Å². The van der Waals surface area contributed by atoms with Gasteiger partial charge < -0.3 is 19.5 Å². The van der Waals surface area contributed by atoms with Crippen LogP contribution in [-0.2, 0) is 4.74 Å². The molecule has 6 rings (SSSR count). The Labute approximate surface area is 201 Å². The maximum absolute atomic E-state index is 12.0. The molecule has 0 radical (unpaired) electrons. The van der Waals surface area contributed by atoms with Crippen molar-refractivity contribution >= 4 is 17.6 Å². The normalized spacial score (nSPS) is 17.9. The number of hydrogen-bond donors (Lipinski definition) is 1. The summed E-state index contributed by atoms with van der Waals surface area (Å²) in [6.45, 7) is 0. The second kappa shape index (κ2) is 8.32. The Bertz CT molecular complexity index is 1440. The van der Waals surface area contributed by atoms with E-state index >= 15 is 0 Å². The molecule has 4 aromatic rings. The van der Waals surface area contributed by atoms with Gasteiger partial charge in [0.15, 0.2) is 0 Å². The summed E-state index contributed by atoms with van der Waals surface area (Å²) in [6, 6.07) is 22.9. The van der Waals surface area contributed by atoms with Crippen molar-refractivity contribution in [1.29, 1.82) is 0 Å². The average Bonchev–Trinajstić information content (AvgIpc) is 3.39. The molecule has 0 fully saturated rings. The Hall–Kier alpha value is -4.59. The van der Waals surface area contributed by atoms with Crippen molar-refractivity contribution in [2.45, 2.75) is 12.1 Å². The van der Waals surface area contributed by atoms with Gasteiger partial charge in [-0.05, 0) is 47.5 Å². The Morgan fingerprint density at radius 3 is 2.46 bits per heavy atom. The fourth-order valence-electron chi connectivity index (χ4n) is 4.71. The molecule has 3 heterocycles. The summed E-state index contributed by atoms with van der Waals surface area (Å²) in [6.07, 6.45) is 1.12. The van der Waals surface area contributed by atoms with Gasteiger partial charge in [-0.25, -0.2) is 9.48 Å². The van der Waals surface area contributed by atoms with Crippen LogP contribution in [0, 0.1) is 0 Å². The number of aromatic nitrogens is 3. The number of nitrogens with zero attached hydrogens (tertiary/aromatic N) is 3. The highest BCUT2D eigenvalue weighted by molar-refractivity contribution is 5.89. The van der Waals surface area contributed by atoms with Crippen LogP contribution in [0.3, 0.4) is 0 Å². The number of anilines is 1. The summed E-state index contributed by atoms with van der Waals surface area (Å²) in [5.41, 5.74) is 5.30.